The molecule has 2 N–H and O–H groups in total. The first-order chi connectivity index (χ1) is 10.7. The molecule has 4 nitrogen and oxygen atoms in total. The van der Waals surface area contributed by atoms with E-state index in [4.69, 9.17) is 4.42 Å². The normalized spacial score (nSPS) is 12.5. The quantitative estimate of drug-likeness (QED) is 0.760. The van der Waals surface area contributed by atoms with Gasteiger partial charge < -0.3 is 9.73 Å². The predicted molar refractivity (Wildman–Crippen MR) is 82.9 cm³/mol. The van der Waals surface area contributed by atoms with Gasteiger partial charge >= 0.3 is 0 Å². The maximum atomic E-state index is 12.8. The summed E-state index contributed by atoms with van der Waals surface area (Å²) in [6, 6.07) is 10.6. The Morgan fingerprint density at radius 1 is 1.23 bits per heavy atom. The van der Waals surface area contributed by atoms with E-state index in [0.717, 1.165) is 23.4 Å². The van der Waals surface area contributed by atoms with Crippen molar-refractivity contribution in [2.45, 2.75) is 19.4 Å². The standard InChI is InChI=1S/C16H16FN3OS/c1-11(18-9-8-12-4-6-13(17)7-5-12)15-19-20-16(21-15)14-3-2-10-22-14/h2-7,10-11,18H,8-9H2,1H3/p+1/t11-/m0/s1. The number of hydrogen-bond donors (Lipinski definition) is 1. The topological polar surface area (TPSA) is 55.5 Å². The molecule has 1 atom stereocenters. The molecule has 0 unspecified atom stereocenters. The van der Waals surface area contributed by atoms with Crippen LogP contribution in [-0.4, -0.2) is 16.7 Å². The van der Waals surface area contributed by atoms with Crippen molar-refractivity contribution in [1.29, 1.82) is 0 Å². The highest BCUT2D eigenvalue weighted by atomic mass is 32.1. The summed E-state index contributed by atoms with van der Waals surface area (Å²) in [4.78, 5) is 0.984. The number of nitrogens with two attached hydrogens (primary N) is 1. The zero-order valence-electron chi connectivity index (χ0n) is 12.2. The third-order valence-electron chi connectivity index (χ3n) is 3.43. The molecule has 0 saturated heterocycles. The third kappa shape index (κ3) is 3.58. The molecule has 3 aromatic rings. The lowest BCUT2D eigenvalue weighted by Gasteiger charge is -2.06. The zero-order valence-corrected chi connectivity index (χ0v) is 13.0. The average Bonchev–Trinajstić information content (AvgIpc) is 3.20. The molecule has 0 aliphatic heterocycles. The monoisotopic (exact) mass is 318 g/mol. The van der Waals surface area contributed by atoms with Gasteiger partial charge in [0, 0.05) is 6.42 Å². The van der Waals surface area contributed by atoms with E-state index < -0.39 is 0 Å². The molecular formula is C16H17FN3OS+. The molecule has 1 aromatic carbocycles. The van der Waals surface area contributed by atoms with Crippen molar-refractivity contribution < 1.29 is 14.1 Å². The van der Waals surface area contributed by atoms with Gasteiger partial charge in [0.05, 0.1) is 11.4 Å². The number of hydrogen-bond acceptors (Lipinski definition) is 4. The van der Waals surface area contributed by atoms with Crippen LogP contribution < -0.4 is 5.32 Å². The Morgan fingerprint density at radius 2 is 2.05 bits per heavy atom. The zero-order chi connectivity index (χ0) is 15.4. The lowest BCUT2D eigenvalue weighted by atomic mass is 10.1. The molecule has 0 aliphatic rings. The van der Waals surface area contributed by atoms with Gasteiger partial charge in [-0.15, -0.1) is 21.5 Å². The fourth-order valence-electron chi connectivity index (χ4n) is 2.17. The summed E-state index contributed by atoms with van der Waals surface area (Å²) < 4.78 is 18.6. The third-order valence-corrected chi connectivity index (χ3v) is 4.29. The second-order valence-corrected chi connectivity index (χ2v) is 6.06. The minimum Gasteiger partial charge on any atom is -0.414 e. The van der Waals surface area contributed by atoms with Crippen LogP contribution in [-0.2, 0) is 6.42 Å². The van der Waals surface area contributed by atoms with Gasteiger partial charge in [-0.05, 0) is 36.1 Å². The minimum atomic E-state index is -0.201. The molecular weight excluding hydrogens is 301 g/mol. The number of rotatable bonds is 6. The van der Waals surface area contributed by atoms with Gasteiger partial charge in [0.15, 0.2) is 6.04 Å². The van der Waals surface area contributed by atoms with Crippen LogP contribution in [0.5, 0.6) is 0 Å². The molecule has 0 aliphatic carbocycles. The predicted octanol–water partition coefficient (Wildman–Crippen LogP) is 2.80. The second-order valence-electron chi connectivity index (χ2n) is 5.11. The van der Waals surface area contributed by atoms with Gasteiger partial charge in [-0.25, -0.2) is 4.39 Å². The SMILES string of the molecule is C[C@H]([NH2+]CCc1ccc(F)cc1)c1nnc(-c2cccs2)o1. The second kappa shape index (κ2) is 6.81. The molecule has 0 fully saturated rings. The van der Waals surface area contributed by atoms with E-state index in [1.54, 1.807) is 11.3 Å². The van der Waals surface area contributed by atoms with E-state index in [0.29, 0.717) is 11.8 Å². The summed E-state index contributed by atoms with van der Waals surface area (Å²) >= 11 is 1.58. The van der Waals surface area contributed by atoms with Gasteiger partial charge in [-0.1, -0.05) is 18.2 Å². The van der Waals surface area contributed by atoms with Crippen LogP contribution in [0.25, 0.3) is 10.8 Å². The highest BCUT2D eigenvalue weighted by Gasteiger charge is 2.17. The van der Waals surface area contributed by atoms with E-state index in [9.17, 15) is 4.39 Å². The van der Waals surface area contributed by atoms with E-state index in [1.807, 2.05) is 36.6 Å². The van der Waals surface area contributed by atoms with Gasteiger partial charge in [0.25, 0.3) is 11.8 Å². The molecule has 0 saturated carbocycles. The first kappa shape index (κ1) is 14.9. The van der Waals surface area contributed by atoms with E-state index >= 15 is 0 Å². The van der Waals surface area contributed by atoms with Crippen molar-refractivity contribution in [3.8, 4) is 10.8 Å². The number of thiophene rings is 1. The molecule has 0 radical (unpaired) electrons. The Balaban J connectivity index is 1.53. The summed E-state index contributed by atoms with van der Waals surface area (Å²) in [5.74, 6) is 0.999. The van der Waals surface area contributed by atoms with Crippen molar-refractivity contribution in [3.05, 3.63) is 59.0 Å². The molecule has 6 heteroatoms. The van der Waals surface area contributed by atoms with E-state index in [1.165, 1.54) is 12.1 Å². The summed E-state index contributed by atoms with van der Waals surface area (Å²) in [6.07, 6.45) is 0.872. The summed E-state index contributed by atoms with van der Waals surface area (Å²) in [6.45, 7) is 2.92. The van der Waals surface area contributed by atoms with Crippen molar-refractivity contribution in [1.82, 2.24) is 10.2 Å². The first-order valence-electron chi connectivity index (χ1n) is 7.17. The van der Waals surface area contributed by atoms with E-state index in [2.05, 4.69) is 15.5 Å². The fraction of sp³-hybridized carbons (Fsp3) is 0.250. The van der Waals surface area contributed by atoms with Crippen molar-refractivity contribution in [2.24, 2.45) is 0 Å². The van der Waals surface area contributed by atoms with Crippen LogP contribution in [0.2, 0.25) is 0 Å². The fourth-order valence-corrected chi connectivity index (χ4v) is 2.81. The number of halogens is 1. The van der Waals surface area contributed by atoms with E-state index in [-0.39, 0.29) is 11.9 Å². The molecule has 2 aromatic heterocycles. The van der Waals surface area contributed by atoms with Crippen molar-refractivity contribution in [2.75, 3.05) is 6.54 Å². The Morgan fingerprint density at radius 3 is 2.77 bits per heavy atom. The Labute approximate surface area is 132 Å². The Hall–Kier alpha value is -2.05. The highest BCUT2D eigenvalue weighted by Crippen LogP contribution is 2.23. The van der Waals surface area contributed by atoms with Gasteiger partial charge in [-0.3, -0.25) is 0 Å². The first-order valence-corrected chi connectivity index (χ1v) is 8.05. The molecule has 0 amide bonds. The van der Waals surface area contributed by atoms with Crippen LogP contribution in [0.4, 0.5) is 4.39 Å². The summed E-state index contributed by atoms with van der Waals surface area (Å²) in [5, 5.41) is 12.3. The number of benzene rings is 1. The molecule has 2 heterocycles. The highest BCUT2D eigenvalue weighted by molar-refractivity contribution is 7.13. The lowest BCUT2D eigenvalue weighted by molar-refractivity contribution is -0.694. The van der Waals surface area contributed by atoms with Crippen LogP contribution in [0.3, 0.4) is 0 Å². The average molecular weight is 318 g/mol. The Kier molecular flexibility index (Phi) is 4.60. The van der Waals surface area contributed by atoms with Crippen molar-refractivity contribution >= 4 is 11.3 Å². The summed E-state index contributed by atoms with van der Waals surface area (Å²) in [7, 11) is 0. The maximum Gasteiger partial charge on any atom is 0.274 e. The van der Waals surface area contributed by atoms with Gasteiger partial charge in [0.2, 0.25) is 0 Å². The molecule has 0 spiro atoms. The van der Waals surface area contributed by atoms with Gasteiger partial charge in [-0.2, -0.15) is 0 Å². The van der Waals surface area contributed by atoms with Gasteiger partial charge in [0.1, 0.15) is 5.82 Å². The minimum absolute atomic E-state index is 0.0988. The van der Waals surface area contributed by atoms with Crippen molar-refractivity contribution in [3.63, 3.8) is 0 Å². The summed E-state index contributed by atoms with van der Waals surface area (Å²) in [5.41, 5.74) is 1.12. The number of nitrogens with zero attached hydrogens (tertiary/aromatic N) is 2. The number of aromatic nitrogens is 2. The van der Waals surface area contributed by atoms with Crippen LogP contribution >= 0.6 is 11.3 Å². The lowest BCUT2D eigenvalue weighted by Crippen LogP contribution is -2.85. The Bertz CT molecular complexity index is 709. The smallest absolute Gasteiger partial charge is 0.274 e. The molecule has 0 bridgehead atoms. The van der Waals surface area contributed by atoms with Crippen LogP contribution in [0, 0.1) is 5.82 Å². The molecule has 114 valence electrons. The molecule has 3 rings (SSSR count). The maximum absolute atomic E-state index is 12.8. The number of quaternary nitrogens is 1. The van der Waals surface area contributed by atoms with Crippen LogP contribution in [0.15, 0.2) is 46.2 Å². The molecule has 22 heavy (non-hydrogen) atoms. The largest absolute Gasteiger partial charge is 0.414 e. The van der Waals surface area contributed by atoms with Crippen LogP contribution in [0.1, 0.15) is 24.4 Å².